The van der Waals surface area contributed by atoms with Gasteiger partial charge in [0.05, 0.1) is 4.92 Å². The maximum Gasteiger partial charge on any atom is 0.293 e. The first kappa shape index (κ1) is 20.7. The van der Waals surface area contributed by atoms with Crippen molar-refractivity contribution in [1.29, 1.82) is 0 Å². The molecule has 1 heterocycles. The van der Waals surface area contributed by atoms with Crippen LogP contribution in [0.4, 0.5) is 11.4 Å². The topological polar surface area (TPSA) is 87.5 Å². The molecule has 2 aromatic rings. The first-order valence-corrected chi connectivity index (χ1v) is 8.63. The zero-order chi connectivity index (χ0) is 18.5. The van der Waals surface area contributed by atoms with Crippen LogP contribution < -0.4 is 10.6 Å². The first-order valence-electron chi connectivity index (χ1n) is 8.63. The van der Waals surface area contributed by atoms with Crippen LogP contribution in [0.15, 0.2) is 48.5 Å². The molecule has 1 saturated heterocycles. The molecule has 27 heavy (non-hydrogen) atoms. The molecule has 1 fully saturated rings. The number of nitrogens with one attached hydrogen (secondary N) is 2. The number of carbonyl (C=O) groups is 1. The molecule has 1 amide bonds. The lowest BCUT2D eigenvalue weighted by molar-refractivity contribution is -0.384. The van der Waals surface area contributed by atoms with E-state index in [1.807, 2.05) is 37.3 Å². The SMILES string of the molecule is CC1CN(C(=O)c2ccc(NCc3ccccc3)c([N+](=O)[O-])c2)CCN1.Cl. The summed E-state index contributed by atoms with van der Waals surface area (Å²) < 4.78 is 0. The van der Waals surface area contributed by atoms with E-state index in [2.05, 4.69) is 10.6 Å². The second-order valence-electron chi connectivity index (χ2n) is 6.43. The van der Waals surface area contributed by atoms with Crippen molar-refractivity contribution in [3.05, 3.63) is 69.8 Å². The highest BCUT2D eigenvalue weighted by molar-refractivity contribution is 5.95. The van der Waals surface area contributed by atoms with Crippen molar-refractivity contribution in [3.63, 3.8) is 0 Å². The van der Waals surface area contributed by atoms with Crippen LogP contribution in [0.1, 0.15) is 22.8 Å². The molecule has 1 aliphatic rings. The normalized spacial score (nSPS) is 16.3. The van der Waals surface area contributed by atoms with Gasteiger partial charge in [0.2, 0.25) is 0 Å². The number of anilines is 1. The maximum absolute atomic E-state index is 12.7. The summed E-state index contributed by atoms with van der Waals surface area (Å²) in [6.45, 7) is 4.42. The standard InChI is InChI=1S/C19H22N4O3.ClH/c1-14-13-22(10-9-20-14)19(24)16-7-8-17(18(11-16)23(25)26)21-12-15-5-3-2-4-6-15;/h2-8,11,14,20-21H,9-10,12-13H2,1H3;1H. The summed E-state index contributed by atoms with van der Waals surface area (Å²) in [4.78, 5) is 25.4. The van der Waals surface area contributed by atoms with Crippen LogP contribution in [0, 0.1) is 10.1 Å². The van der Waals surface area contributed by atoms with Crippen molar-refractivity contribution in [2.24, 2.45) is 0 Å². The molecule has 0 aromatic heterocycles. The molecule has 1 unspecified atom stereocenters. The van der Waals surface area contributed by atoms with Crippen LogP contribution in [-0.2, 0) is 6.54 Å². The number of piperazine rings is 1. The van der Waals surface area contributed by atoms with E-state index in [9.17, 15) is 14.9 Å². The fourth-order valence-electron chi connectivity index (χ4n) is 3.06. The zero-order valence-electron chi connectivity index (χ0n) is 15.1. The molecule has 1 atom stereocenters. The van der Waals surface area contributed by atoms with Crippen LogP contribution in [0.25, 0.3) is 0 Å². The van der Waals surface area contributed by atoms with E-state index in [1.54, 1.807) is 17.0 Å². The number of benzene rings is 2. The number of nitrogens with zero attached hydrogens (tertiary/aromatic N) is 2. The number of carbonyl (C=O) groups excluding carboxylic acids is 1. The lowest BCUT2D eigenvalue weighted by Gasteiger charge is -2.32. The molecule has 2 aromatic carbocycles. The van der Waals surface area contributed by atoms with E-state index in [0.717, 1.165) is 12.1 Å². The third kappa shape index (κ3) is 5.18. The molecule has 2 N–H and O–H groups in total. The predicted molar refractivity (Wildman–Crippen MR) is 107 cm³/mol. The summed E-state index contributed by atoms with van der Waals surface area (Å²) in [5, 5.41) is 17.8. The monoisotopic (exact) mass is 390 g/mol. The van der Waals surface area contributed by atoms with Crippen LogP contribution in [0.2, 0.25) is 0 Å². The summed E-state index contributed by atoms with van der Waals surface area (Å²) in [5.74, 6) is -0.170. The average molecular weight is 391 g/mol. The Morgan fingerprint density at radius 1 is 1.30 bits per heavy atom. The molecule has 0 spiro atoms. The van der Waals surface area contributed by atoms with E-state index < -0.39 is 4.92 Å². The van der Waals surface area contributed by atoms with Crippen LogP contribution >= 0.6 is 12.4 Å². The minimum Gasteiger partial charge on any atom is -0.375 e. The predicted octanol–water partition coefficient (Wildman–Crippen LogP) is 3.06. The Hall–Kier alpha value is -2.64. The Labute approximate surface area is 164 Å². The van der Waals surface area contributed by atoms with Crippen molar-refractivity contribution in [3.8, 4) is 0 Å². The fraction of sp³-hybridized carbons (Fsp3) is 0.316. The molecule has 1 aliphatic heterocycles. The minimum atomic E-state index is -0.454. The Morgan fingerprint density at radius 2 is 2.04 bits per heavy atom. The van der Waals surface area contributed by atoms with Crippen LogP contribution in [0.5, 0.6) is 0 Å². The molecule has 0 radical (unpaired) electrons. The number of nitro groups is 1. The quantitative estimate of drug-likeness (QED) is 0.605. The van der Waals surface area contributed by atoms with Gasteiger partial charge in [-0.25, -0.2) is 0 Å². The molecular formula is C19H23ClN4O3. The number of hydrogen-bond donors (Lipinski definition) is 2. The van der Waals surface area contributed by atoms with E-state index >= 15 is 0 Å². The lowest BCUT2D eigenvalue weighted by Crippen LogP contribution is -2.51. The number of amides is 1. The van der Waals surface area contributed by atoms with Crippen molar-refractivity contribution in [2.45, 2.75) is 19.5 Å². The van der Waals surface area contributed by atoms with Gasteiger partial charge in [-0.2, -0.15) is 0 Å². The van der Waals surface area contributed by atoms with Gasteiger partial charge in [0.25, 0.3) is 11.6 Å². The van der Waals surface area contributed by atoms with E-state index in [0.29, 0.717) is 30.9 Å². The van der Waals surface area contributed by atoms with Crippen molar-refractivity contribution in [2.75, 3.05) is 25.0 Å². The Bertz CT molecular complexity index is 801. The highest BCUT2D eigenvalue weighted by Crippen LogP contribution is 2.27. The molecule has 0 saturated carbocycles. The van der Waals surface area contributed by atoms with Crippen molar-refractivity contribution in [1.82, 2.24) is 10.2 Å². The largest absolute Gasteiger partial charge is 0.375 e. The van der Waals surface area contributed by atoms with Gasteiger partial charge in [0.15, 0.2) is 0 Å². The van der Waals surface area contributed by atoms with Gasteiger partial charge in [-0.15, -0.1) is 12.4 Å². The van der Waals surface area contributed by atoms with Gasteiger partial charge in [-0.1, -0.05) is 30.3 Å². The van der Waals surface area contributed by atoms with E-state index in [1.165, 1.54) is 6.07 Å². The smallest absolute Gasteiger partial charge is 0.293 e. The number of halogens is 1. The molecule has 7 nitrogen and oxygen atoms in total. The third-order valence-electron chi connectivity index (χ3n) is 4.42. The second-order valence-corrected chi connectivity index (χ2v) is 6.43. The summed E-state index contributed by atoms with van der Waals surface area (Å²) in [5.41, 5.74) is 1.69. The second kappa shape index (κ2) is 9.34. The summed E-state index contributed by atoms with van der Waals surface area (Å²) in [7, 11) is 0. The van der Waals surface area contributed by atoms with Crippen molar-refractivity contribution >= 4 is 29.7 Å². The lowest BCUT2D eigenvalue weighted by atomic mass is 10.1. The summed E-state index contributed by atoms with van der Waals surface area (Å²) in [6, 6.07) is 14.5. The van der Waals surface area contributed by atoms with Gasteiger partial charge >= 0.3 is 0 Å². The first-order chi connectivity index (χ1) is 12.5. The highest BCUT2D eigenvalue weighted by Gasteiger charge is 2.24. The molecule has 3 rings (SSSR count). The van der Waals surface area contributed by atoms with E-state index in [-0.39, 0.29) is 30.0 Å². The minimum absolute atomic E-state index is 0. The molecular weight excluding hydrogens is 368 g/mol. The zero-order valence-corrected chi connectivity index (χ0v) is 15.9. The maximum atomic E-state index is 12.7. The summed E-state index contributed by atoms with van der Waals surface area (Å²) in [6.07, 6.45) is 0. The molecule has 144 valence electrons. The van der Waals surface area contributed by atoms with Gasteiger partial charge in [-0.05, 0) is 24.6 Å². The Morgan fingerprint density at radius 3 is 2.70 bits per heavy atom. The molecule has 0 aliphatic carbocycles. The van der Waals surface area contributed by atoms with Crippen molar-refractivity contribution < 1.29 is 9.72 Å². The third-order valence-corrected chi connectivity index (χ3v) is 4.42. The van der Waals surface area contributed by atoms with Gasteiger partial charge in [0.1, 0.15) is 5.69 Å². The van der Waals surface area contributed by atoms with Crippen LogP contribution in [0.3, 0.4) is 0 Å². The van der Waals surface area contributed by atoms with Gasteiger partial charge < -0.3 is 15.5 Å². The Kier molecular flexibility index (Phi) is 7.15. The van der Waals surface area contributed by atoms with Gasteiger partial charge in [0, 0.05) is 43.9 Å². The highest BCUT2D eigenvalue weighted by atomic mass is 35.5. The van der Waals surface area contributed by atoms with Crippen LogP contribution in [-0.4, -0.2) is 41.4 Å². The average Bonchev–Trinajstić information content (AvgIpc) is 2.66. The van der Waals surface area contributed by atoms with Gasteiger partial charge in [-0.3, -0.25) is 14.9 Å². The summed E-state index contributed by atoms with van der Waals surface area (Å²) >= 11 is 0. The number of hydrogen-bond acceptors (Lipinski definition) is 5. The molecule has 0 bridgehead atoms. The number of rotatable bonds is 5. The molecule has 8 heteroatoms. The fourth-order valence-corrected chi connectivity index (χ4v) is 3.06. The Balaban J connectivity index is 0.00000261. The number of nitro benzene ring substituents is 1. The van der Waals surface area contributed by atoms with E-state index in [4.69, 9.17) is 0 Å².